The quantitative estimate of drug-likeness (QED) is 0.169. The molecule has 12 aromatic rings. The predicted octanol–water partition coefficient (Wildman–Crippen LogP) is 14.0. The Morgan fingerprint density at radius 2 is 0.948 bits per heavy atom. The Bertz CT molecular complexity index is 3670. The van der Waals surface area contributed by atoms with Gasteiger partial charge in [-0.2, -0.15) is 0 Å². The second kappa shape index (κ2) is 11.8. The molecule has 0 spiro atoms. The molecule has 9 aromatic carbocycles. The van der Waals surface area contributed by atoms with E-state index < -0.39 is 0 Å². The number of fused-ring (bicyclic) bond motifs is 14. The first-order valence-corrected chi connectivity index (χ1v) is 19.8. The van der Waals surface area contributed by atoms with Crippen LogP contribution in [0.25, 0.3) is 122 Å². The maximum atomic E-state index is 5.58. The van der Waals surface area contributed by atoms with Gasteiger partial charge in [-0.15, -0.1) is 0 Å². The second-order valence-electron chi connectivity index (χ2n) is 15.3. The summed E-state index contributed by atoms with van der Waals surface area (Å²) in [5, 5.41) is 7.02. The van der Waals surface area contributed by atoms with Crippen LogP contribution in [0.3, 0.4) is 0 Å². The average molecular weight is 737 g/mol. The lowest BCUT2D eigenvalue weighted by atomic mass is 9.94. The molecule has 4 nitrogen and oxygen atoms in total. The fourth-order valence-electron chi connectivity index (χ4n) is 9.65. The van der Waals surface area contributed by atoms with E-state index in [9.17, 15) is 0 Å². The van der Waals surface area contributed by atoms with Crippen molar-refractivity contribution < 1.29 is 0 Å². The highest BCUT2D eigenvalue weighted by Gasteiger charge is 2.26. The maximum absolute atomic E-state index is 5.58. The van der Waals surface area contributed by atoms with Crippen LogP contribution in [-0.4, -0.2) is 19.1 Å². The molecule has 3 aromatic heterocycles. The third kappa shape index (κ3) is 4.34. The fraction of sp³-hybridized carbons (Fsp3) is 0. The highest BCUT2D eigenvalue weighted by Crippen LogP contribution is 2.48. The van der Waals surface area contributed by atoms with Crippen LogP contribution in [-0.2, 0) is 0 Å². The summed E-state index contributed by atoms with van der Waals surface area (Å²) in [4.78, 5) is 11.1. The molecule has 0 bridgehead atoms. The molecule has 0 radical (unpaired) electrons. The van der Waals surface area contributed by atoms with E-state index in [0.717, 1.165) is 55.5 Å². The average Bonchev–Trinajstić information content (AvgIpc) is 3.75. The molecule has 0 N–H and O–H groups in total. The van der Waals surface area contributed by atoms with Crippen molar-refractivity contribution in [1.82, 2.24) is 19.1 Å². The molecule has 0 atom stereocenters. The van der Waals surface area contributed by atoms with Gasteiger partial charge in [-0.3, -0.25) is 4.57 Å². The number of rotatable bonds is 3. The van der Waals surface area contributed by atoms with Crippen LogP contribution in [0, 0.1) is 0 Å². The van der Waals surface area contributed by atoms with E-state index in [1.54, 1.807) is 0 Å². The summed E-state index contributed by atoms with van der Waals surface area (Å²) >= 11 is 0. The van der Waals surface area contributed by atoms with E-state index in [1.807, 2.05) is 0 Å². The van der Waals surface area contributed by atoms with E-state index in [-0.39, 0.29) is 0 Å². The van der Waals surface area contributed by atoms with Gasteiger partial charge in [0.15, 0.2) is 5.82 Å². The first-order valence-electron chi connectivity index (χ1n) is 19.8. The molecular weight excluding hydrogens is 705 g/mol. The van der Waals surface area contributed by atoms with Crippen LogP contribution in [0.1, 0.15) is 0 Å². The monoisotopic (exact) mass is 736 g/mol. The van der Waals surface area contributed by atoms with E-state index in [2.05, 4.69) is 203 Å². The number of hydrogen-bond acceptors (Lipinski definition) is 2. The van der Waals surface area contributed by atoms with Crippen molar-refractivity contribution in [2.75, 3.05) is 0 Å². The molecule has 268 valence electrons. The van der Waals surface area contributed by atoms with Gasteiger partial charge in [0.2, 0.25) is 0 Å². The van der Waals surface area contributed by atoms with Crippen molar-refractivity contribution in [2.45, 2.75) is 0 Å². The molecular formula is C54H32N4. The van der Waals surface area contributed by atoms with E-state index in [4.69, 9.17) is 9.97 Å². The predicted molar refractivity (Wildman–Crippen MR) is 241 cm³/mol. The van der Waals surface area contributed by atoms with Crippen molar-refractivity contribution in [3.8, 4) is 56.1 Å². The fourth-order valence-corrected chi connectivity index (χ4v) is 9.65. The van der Waals surface area contributed by atoms with Crippen LogP contribution in [0.2, 0.25) is 0 Å². The summed E-state index contributed by atoms with van der Waals surface area (Å²) in [6, 6.07) is 70.1. The molecule has 0 unspecified atom stereocenters. The molecule has 0 aliphatic carbocycles. The summed E-state index contributed by atoms with van der Waals surface area (Å²) in [6.07, 6.45) is 0. The Balaban J connectivity index is 1.15. The molecule has 1 aliphatic rings. The maximum Gasteiger partial charge on any atom is 0.165 e. The Labute approximate surface area is 333 Å². The van der Waals surface area contributed by atoms with Crippen molar-refractivity contribution in [3.63, 3.8) is 0 Å². The van der Waals surface area contributed by atoms with Crippen LogP contribution in [0.5, 0.6) is 0 Å². The minimum atomic E-state index is 0.811. The number of benzene rings is 9. The van der Waals surface area contributed by atoms with Gasteiger partial charge in [-0.05, 0) is 58.0 Å². The van der Waals surface area contributed by atoms with Gasteiger partial charge in [-0.1, -0.05) is 164 Å². The van der Waals surface area contributed by atoms with Gasteiger partial charge in [-0.25, -0.2) is 9.97 Å². The van der Waals surface area contributed by atoms with Gasteiger partial charge in [0.05, 0.1) is 38.8 Å². The molecule has 13 rings (SSSR count). The second-order valence-corrected chi connectivity index (χ2v) is 15.3. The Kier molecular flexibility index (Phi) is 6.41. The number of para-hydroxylation sites is 3. The zero-order valence-corrected chi connectivity index (χ0v) is 31.3. The van der Waals surface area contributed by atoms with Gasteiger partial charge in [0.1, 0.15) is 5.69 Å². The van der Waals surface area contributed by atoms with Crippen LogP contribution in [0.15, 0.2) is 194 Å². The molecule has 0 amide bonds. The Morgan fingerprint density at radius 3 is 1.79 bits per heavy atom. The smallest absolute Gasteiger partial charge is 0.165 e. The minimum Gasteiger partial charge on any atom is -0.308 e. The topological polar surface area (TPSA) is 35.6 Å². The van der Waals surface area contributed by atoms with Crippen molar-refractivity contribution in [1.29, 1.82) is 0 Å². The SMILES string of the molecule is c1ccc(-c2ccc(-c3nc4c(ccc5ccccc54)nc3-n3c4ccccc4c4cc5c(cc43)c3cccc4c3n5-c3ccccc3-c3ccccc3-4)cc2)cc1. The number of nitrogens with zero attached hydrogens (tertiary/aromatic N) is 4. The lowest BCUT2D eigenvalue weighted by molar-refractivity contribution is 1.08. The van der Waals surface area contributed by atoms with Crippen LogP contribution >= 0.6 is 0 Å². The van der Waals surface area contributed by atoms with E-state index >= 15 is 0 Å². The highest BCUT2D eigenvalue weighted by atomic mass is 15.1. The highest BCUT2D eigenvalue weighted by molar-refractivity contribution is 6.22. The van der Waals surface area contributed by atoms with Gasteiger partial charge in [0.25, 0.3) is 0 Å². The van der Waals surface area contributed by atoms with Crippen LogP contribution in [0.4, 0.5) is 0 Å². The van der Waals surface area contributed by atoms with Crippen molar-refractivity contribution >= 4 is 65.4 Å². The van der Waals surface area contributed by atoms with Gasteiger partial charge in [0, 0.05) is 43.6 Å². The first-order chi connectivity index (χ1) is 28.8. The zero-order chi connectivity index (χ0) is 37.9. The lowest BCUT2D eigenvalue weighted by Gasteiger charge is -2.15. The minimum absolute atomic E-state index is 0.811. The summed E-state index contributed by atoms with van der Waals surface area (Å²) < 4.78 is 4.86. The van der Waals surface area contributed by atoms with Crippen molar-refractivity contribution in [3.05, 3.63) is 194 Å². The number of aromatic nitrogens is 4. The third-order valence-electron chi connectivity index (χ3n) is 12.3. The summed E-state index contributed by atoms with van der Waals surface area (Å²) in [5.41, 5.74) is 16.8. The van der Waals surface area contributed by atoms with E-state index in [0.29, 0.717) is 0 Å². The molecule has 0 saturated heterocycles. The molecule has 0 saturated carbocycles. The molecule has 4 heteroatoms. The third-order valence-corrected chi connectivity index (χ3v) is 12.3. The number of hydrogen-bond donors (Lipinski definition) is 0. The first kappa shape index (κ1) is 31.4. The molecule has 58 heavy (non-hydrogen) atoms. The molecule has 4 heterocycles. The standard InChI is InChI=1S/C54H32N4/c1-2-13-33(14-3-1)34-25-27-36(28-26-34)51-54(55-46-30-29-35-15-4-5-16-37(35)52(46)56-51)58-48-24-11-9-20-41(48)44-31-49-45(32-50(44)58)43-22-12-21-42-39-18-7-6-17-38(39)40-19-8-10-23-47(40)57(49)53(42)43/h1-32H. The van der Waals surface area contributed by atoms with Crippen molar-refractivity contribution in [2.24, 2.45) is 0 Å². The zero-order valence-electron chi connectivity index (χ0n) is 31.3. The normalized spacial score (nSPS) is 12.1. The molecule has 1 aliphatic heterocycles. The summed E-state index contributed by atoms with van der Waals surface area (Å²) in [6.45, 7) is 0. The Morgan fingerprint density at radius 1 is 0.345 bits per heavy atom. The molecule has 0 fully saturated rings. The largest absolute Gasteiger partial charge is 0.308 e. The lowest BCUT2D eigenvalue weighted by Crippen LogP contribution is -2.04. The summed E-state index contributed by atoms with van der Waals surface area (Å²) in [7, 11) is 0. The van der Waals surface area contributed by atoms with Crippen LogP contribution < -0.4 is 0 Å². The van der Waals surface area contributed by atoms with Gasteiger partial charge >= 0.3 is 0 Å². The van der Waals surface area contributed by atoms with Gasteiger partial charge < -0.3 is 4.57 Å². The Hall–Kier alpha value is -7.82. The summed E-state index contributed by atoms with van der Waals surface area (Å²) in [5.74, 6) is 0.811. The van der Waals surface area contributed by atoms with E-state index in [1.165, 1.54) is 66.1 Å².